The zero-order valence-electron chi connectivity index (χ0n) is 15.2. The van der Waals surface area contributed by atoms with Crippen LogP contribution in [-0.2, 0) is 6.61 Å². The van der Waals surface area contributed by atoms with Gasteiger partial charge in [-0.05, 0) is 30.8 Å². The molecule has 1 aliphatic heterocycles. The monoisotopic (exact) mass is 362 g/mol. The molecule has 1 fully saturated rings. The Morgan fingerprint density at radius 2 is 1.96 bits per heavy atom. The highest BCUT2D eigenvalue weighted by Crippen LogP contribution is 2.19. The smallest absolute Gasteiger partial charge is 0.258 e. The number of nitrogens with zero attached hydrogens (tertiary/aromatic N) is 3. The van der Waals surface area contributed by atoms with Crippen molar-refractivity contribution in [1.29, 1.82) is 0 Å². The van der Waals surface area contributed by atoms with Gasteiger partial charge in [-0.15, -0.1) is 0 Å². The van der Waals surface area contributed by atoms with Crippen LogP contribution < -0.4 is 20.5 Å². The van der Waals surface area contributed by atoms with Crippen molar-refractivity contribution < 1.29 is 4.74 Å². The second-order valence-electron chi connectivity index (χ2n) is 6.61. The van der Waals surface area contributed by atoms with E-state index in [-0.39, 0.29) is 5.56 Å². The third-order valence-corrected chi connectivity index (χ3v) is 4.76. The van der Waals surface area contributed by atoms with E-state index in [9.17, 15) is 4.79 Å². The summed E-state index contributed by atoms with van der Waals surface area (Å²) in [5.41, 5.74) is 1.66. The number of ether oxygens (including phenoxy) is 1. The first-order chi connectivity index (χ1) is 13.2. The molecule has 0 radical (unpaired) electrons. The largest absolute Gasteiger partial charge is 0.489 e. The van der Waals surface area contributed by atoms with Crippen molar-refractivity contribution >= 4 is 5.82 Å². The van der Waals surface area contributed by atoms with Crippen LogP contribution in [0.4, 0.5) is 5.82 Å². The standard InChI is InChI=1S/C21H22N4O2/c1-22-17-13-24(14-17)20-8-7-18(12-23-20)25-10-9-19(11-21(25)26)27-15-16-5-3-2-4-6-16/h2-12,17,22H,13-15H2,1H3. The minimum Gasteiger partial charge on any atom is -0.489 e. The molecule has 2 aromatic heterocycles. The van der Waals surface area contributed by atoms with E-state index in [2.05, 4.69) is 15.2 Å². The van der Waals surface area contributed by atoms with E-state index in [1.807, 2.05) is 49.5 Å². The summed E-state index contributed by atoms with van der Waals surface area (Å²) in [6, 6.07) is 17.6. The van der Waals surface area contributed by atoms with Crippen molar-refractivity contribution in [1.82, 2.24) is 14.9 Å². The van der Waals surface area contributed by atoms with Crippen LogP contribution in [0.2, 0.25) is 0 Å². The van der Waals surface area contributed by atoms with Crippen molar-refractivity contribution in [3.8, 4) is 11.4 Å². The molecule has 0 unspecified atom stereocenters. The third kappa shape index (κ3) is 3.85. The second kappa shape index (κ2) is 7.63. The first-order valence-corrected chi connectivity index (χ1v) is 9.01. The maximum Gasteiger partial charge on any atom is 0.258 e. The number of hydrogen-bond acceptors (Lipinski definition) is 5. The molecule has 1 aromatic carbocycles. The Labute approximate surface area is 158 Å². The number of rotatable bonds is 6. The fraction of sp³-hybridized carbons (Fsp3) is 0.238. The average Bonchev–Trinajstić information content (AvgIpc) is 2.67. The number of nitrogens with one attached hydrogen (secondary N) is 1. The molecule has 0 atom stereocenters. The first kappa shape index (κ1) is 17.3. The van der Waals surface area contributed by atoms with E-state index < -0.39 is 0 Å². The molecule has 0 spiro atoms. The minimum atomic E-state index is -0.144. The summed E-state index contributed by atoms with van der Waals surface area (Å²) in [6.07, 6.45) is 3.45. The van der Waals surface area contributed by atoms with Gasteiger partial charge in [0, 0.05) is 31.4 Å². The fourth-order valence-electron chi connectivity index (χ4n) is 3.06. The Hall–Kier alpha value is -3.12. The number of anilines is 1. The van der Waals surface area contributed by atoms with Crippen molar-refractivity contribution in [2.75, 3.05) is 25.0 Å². The molecule has 1 aliphatic rings. The lowest BCUT2D eigenvalue weighted by Crippen LogP contribution is -2.57. The maximum atomic E-state index is 12.5. The SMILES string of the molecule is CNC1CN(c2ccc(-n3ccc(OCc4ccccc4)cc3=O)cn2)C1. The van der Waals surface area contributed by atoms with Crippen LogP contribution in [0.5, 0.6) is 5.75 Å². The van der Waals surface area contributed by atoms with Gasteiger partial charge in [0.25, 0.3) is 5.56 Å². The lowest BCUT2D eigenvalue weighted by atomic mass is 10.1. The van der Waals surface area contributed by atoms with Crippen molar-refractivity contribution in [3.63, 3.8) is 0 Å². The summed E-state index contributed by atoms with van der Waals surface area (Å²) in [4.78, 5) is 19.2. The normalized spacial score (nSPS) is 14.0. The van der Waals surface area contributed by atoms with Crippen molar-refractivity contribution in [3.05, 3.63) is 82.9 Å². The highest BCUT2D eigenvalue weighted by molar-refractivity contribution is 5.46. The predicted molar refractivity (Wildman–Crippen MR) is 106 cm³/mol. The molecular weight excluding hydrogens is 340 g/mol. The second-order valence-corrected chi connectivity index (χ2v) is 6.61. The van der Waals surface area contributed by atoms with E-state index in [0.29, 0.717) is 18.4 Å². The van der Waals surface area contributed by atoms with Crippen molar-refractivity contribution in [2.45, 2.75) is 12.6 Å². The van der Waals surface area contributed by atoms with Gasteiger partial charge in [-0.1, -0.05) is 30.3 Å². The lowest BCUT2D eigenvalue weighted by molar-refractivity contribution is 0.305. The number of aromatic nitrogens is 2. The Kier molecular flexibility index (Phi) is 4.89. The third-order valence-electron chi connectivity index (χ3n) is 4.76. The summed E-state index contributed by atoms with van der Waals surface area (Å²) >= 11 is 0. The van der Waals surface area contributed by atoms with E-state index in [1.54, 1.807) is 23.0 Å². The van der Waals surface area contributed by atoms with Gasteiger partial charge in [0.15, 0.2) is 0 Å². The van der Waals surface area contributed by atoms with Gasteiger partial charge in [0.05, 0.1) is 11.9 Å². The quantitative estimate of drug-likeness (QED) is 0.729. The first-order valence-electron chi connectivity index (χ1n) is 9.01. The van der Waals surface area contributed by atoms with Crippen LogP contribution in [0.25, 0.3) is 5.69 Å². The Balaban J connectivity index is 1.44. The summed E-state index contributed by atoms with van der Waals surface area (Å²) < 4.78 is 7.28. The highest BCUT2D eigenvalue weighted by atomic mass is 16.5. The number of pyridine rings is 2. The van der Waals surface area contributed by atoms with Gasteiger partial charge in [-0.25, -0.2) is 4.98 Å². The molecule has 0 bridgehead atoms. The summed E-state index contributed by atoms with van der Waals surface area (Å²) in [5, 5.41) is 3.25. The van der Waals surface area contributed by atoms with E-state index in [4.69, 9.17) is 4.74 Å². The van der Waals surface area contributed by atoms with Crippen LogP contribution in [0.1, 0.15) is 5.56 Å². The lowest BCUT2D eigenvalue weighted by Gasteiger charge is -2.39. The summed E-state index contributed by atoms with van der Waals surface area (Å²) in [5.74, 6) is 1.49. The molecule has 0 aliphatic carbocycles. The minimum absolute atomic E-state index is 0.144. The number of benzene rings is 1. The molecule has 27 heavy (non-hydrogen) atoms. The summed E-state index contributed by atoms with van der Waals surface area (Å²) in [6.45, 7) is 2.34. The molecule has 0 saturated carbocycles. The van der Waals surface area contributed by atoms with Gasteiger partial charge < -0.3 is 15.0 Å². The maximum absolute atomic E-state index is 12.5. The van der Waals surface area contributed by atoms with Gasteiger partial charge in [-0.2, -0.15) is 0 Å². The number of likely N-dealkylation sites (N-methyl/N-ethyl adjacent to an activating group) is 1. The molecular formula is C21H22N4O2. The van der Waals surface area contributed by atoms with Crippen LogP contribution in [0.3, 0.4) is 0 Å². The molecule has 6 heteroatoms. The molecule has 0 amide bonds. The Morgan fingerprint density at radius 3 is 2.63 bits per heavy atom. The molecule has 4 rings (SSSR count). The molecule has 138 valence electrons. The zero-order valence-corrected chi connectivity index (χ0v) is 15.2. The highest BCUT2D eigenvalue weighted by Gasteiger charge is 2.25. The van der Waals surface area contributed by atoms with Crippen LogP contribution in [-0.4, -0.2) is 35.7 Å². The number of hydrogen-bond donors (Lipinski definition) is 1. The van der Waals surface area contributed by atoms with Gasteiger partial charge in [0.2, 0.25) is 0 Å². The van der Waals surface area contributed by atoms with E-state index in [0.717, 1.165) is 30.2 Å². The molecule has 3 aromatic rings. The Morgan fingerprint density at radius 1 is 1.15 bits per heavy atom. The van der Waals surface area contributed by atoms with Crippen LogP contribution in [0, 0.1) is 0 Å². The zero-order chi connectivity index (χ0) is 18.6. The van der Waals surface area contributed by atoms with Crippen molar-refractivity contribution in [2.24, 2.45) is 0 Å². The molecule has 1 N–H and O–H groups in total. The molecule has 6 nitrogen and oxygen atoms in total. The Bertz CT molecular complexity index is 948. The van der Waals surface area contributed by atoms with Crippen LogP contribution in [0.15, 0.2) is 71.8 Å². The van der Waals surface area contributed by atoms with E-state index >= 15 is 0 Å². The van der Waals surface area contributed by atoms with E-state index in [1.165, 1.54) is 6.07 Å². The van der Waals surface area contributed by atoms with Gasteiger partial charge in [0.1, 0.15) is 18.2 Å². The molecule has 1 saturated heterocycles. The van der Waals surface area contributed by atoms with Crippen LogP contribution >= 0.6 is 0 Å². The van der Waals surface area contributed by atoms with Gasteiger partial charge in [-0.3, -0.25) is 9.36 Å². The fourth-order valence-corrected chi connectivity index (χ4v) is 3.06. The summed E-state index contributed by atoms with van der Waals surface area (Å²) in [7, 11) is 1.97. The van der Waals surface area contributed by atoms with Gasteiger partial charge >= 0.3 is 0 Å². The molecule has 3 heterocycles. The average molecular weight is 362 g/mol. The predicted octanol–water partition coefficient (Wildman–Crippen LogP) is 2.22. The topological polar surface area (TPSA) is 59.4 Å².